The minimum absolute atomic E-state index is 0.00665. The summed E-state index contributed by atoms with van der Waals surface area (Å²) in [6.07, 6.45) is 0. The third-order valence-electron chi connectivity index (χ3n) is 4.05. The molecule has 0 radical (unpaired) electrons. The van der Waals surface area contributed by atoms with Gasteiger partial charge in [-0.25, -0.2) is 13.6 Å². The smallest absolute Gasteiger partial charge is 0.238 e. The Morgan fingerprint density at radius 3 is 2.26 bits per heavy atom. The summed E-state index contributed by atoms with van der Waals surface area (Å²) in [6.45, 7) is 1.07. The third kappa shape index (κ3) is 3.00. The predicted molar refractivity (Wildman–Crippen MR) is 87.8 cm³/mol. The summed E-state index contributed by atoms with van der Waals surface area (Å²) in [7, 11) is -2.10. The van der Waals surface area contributed by atoms with Gasteiger partial charge in [-0.05, 0) is 23.3 Å². The van der Waals surface area contributed by atoms with Crippen LogP contribution in [0.5, 0.6) is 0 Å². The molecule has 122 valence electrons. The fourth-order valence-electron chi connectivity index (χ4n) is 2.55. The maximum atomic E-state index is 11.4. The molecule has 2 aromatic carbocycles. The summed E-state index contributed by atoms with van der Waals surface area (Å²) in [5.41, 5.74) is 2.28. The van der Waals surface area contributed by atoms with E-state index in [9.17, 15) is 8.42 Å². The van der Waals surface area contributed by atoms with Crippen molar-refractivity contribution in [3.05, 3.63) is 53.1 Å². The first-order valence-electron chi connectivity index (χ1n) is 6.92. The van der Waals surface area contributed by atoms with E-state index in [1.807, 2.05) is 24.3 Å². The Kier molecular flexibility index (Phi) is 4.20. The molecule has 0 spiro atoms. The van der Waals surface area contributed by atoms with E-state index in [1.54, 1.807) is 13.2 Å². The average Bonchev–Trinajstić information content (AvgIpc) is 2.46. The van der Waals surface area contributed by atoms with Gasteiger partial charge in [0.1, 0.15) is 5.60 Å². The Balaban J connectivity index is 1.94. The minimum atomic E-state index is -3.76. The predicted octanol–water partition coefficient (Wildman–Crippen LogP) is 2.53. The molecule has 1 saturated heterocycles. The first-order valence-corrected chi connectivity index (χ1v) is 8.84. The first-order chi connectivity index (χ1) is 10.9. The zero-order valence-corrected chi connectivity index (χ0v) is 14.0. The third-order valence-corrected chi connectivity index (χ3v) is 5.28. The molecule has 0 aromatic heterocycles. The Morgan fingerprint density at radius 1 is 1.17 bits per heavy atom. The van der Waals surface area contributed by atoms with E-state index < -0.39 is 10.0 Å². The van der Waals surface area contributed by atoms with Gasteiger partial charge in [-0.2, -0.15) is 0 Å². The highest BCUT2D eigenvalue weighted by atomic mass is 35.5. The zero-order valence-electron chi connectivity index (χ0n) is 12.5. The lowest BCUT2D eigenvalue weighted by atomic mass is 9.90. The van der Waals surface area contributed by atoms with Gasteiger partial charge in [-0.1, -0.05) is 41.9 Å². The normalized spacial score (nSPS) is 16.8. The molecule has 1 aliphatic heterocycles. The number of methoxy groups -OCH3 is 1. The molecule has 0 amide bonds. The number of halogens is 1. The number of rotatable bonds is 4. The van der Waals surface area contributed by atoms with Crippen LogP contribution < -0.4 is 5.14 Å². The van der Waals surface area contributed by atoms with Crippen molar-refractivity contribution < 1.29 is 17.9 Å². The number of sulfonamides is 1. The van der Waals surface area contributed by atoms with Gasteiger partial charge in [0.05, 0.1) is 18.1 Å². The van der Waals surface area contributed by atoms with Crippen molar-refractivity contribution in [2.45, 2.75) is 10.5 Å². The maximum Gasteiger partial charge on any atom is 0.238 e. The van der Waals surface area contributed by atoms with E-state index in [4.69, 9.17) is 26.2 Å². The first kappa shape index (κ1) is 16.4. The van der Waals surface area contributed by atoms with E-state index in [2.05, 4.69) is 0 Å². The van der Waals surface area contributed by atoms with E-state index in [1.165, 1.54) is 12.1 Å². The largest absolute Gasteiger partial charge is 0.375 e. The summed E-state index contributed by atoms with van der Waals surface area (Å²) < 4.78 is 33.5. The van der Waals surface area contributed by atoms with Crippen molar-refractivity contribution in [2.24, 2.45) is 5.14 Å². The summed E-state index contributed by atoms with van der Waals surface area (Å²) in [5, 5.41) is 5.44. The highest BCUT2D eigenvalue weighted by molar-refractivity contribution is 7.89. The fourth-order valence-corrected chi connectivity index (χ4v) is 3.44. The van der Waals surface area contributed by atoms with Crippen LogP contribution in [-0.4, -0.2) is 28.7 Å². The number of primary sulfonamides is 1. The van der Waals surface area contributed by atoms with Gasteiger partial charge in [0.25, 0.3) is 0 Å². The number of nitrogens with two attached hydrogens (primary N) is 1. The van der Waals surface area contributed by atoms with Crippen LogP contribution in [0.1, 0.15) is 5.56 Å². The lowest BCUT2D eigenvalue weighted by Gasteiger charge is -2.40. The summed E-state index contributed by atoms with van der Waals surface area (Å²) in [4.78, 5) is -0.00665. The van der Waals surface area contributed by atoms with Gasteiger partial charge in [0.2, 0.25) is 10.0 Å². The van der Waals surface area contributed by atoms with Crippen LogP contribution in [0, 0.1) is 0 Å². The quantitative estimate of drug-likeness (QED) is 0.916. The van der Waals surface area contributed by atoms with Gasteiger partial charge >= 0.3 is 0 Å². The van der Waals surface area contributed by atoms with Crippen molar-refractivity contribution >= 4 is 21.6 Å². The molecule has 2 aromatic rings. The summed E-state index contributed by atoms with van der Waals surface area (Å²) in [5.74, 6) is 0. The number of ether oxygens (including phenoxy) is 2. The molecule has 0 atom stereocenters. The van der Waals surface area contributed by atoms with E-state index >= 15 is 0 Å². The molecule has 1 heterocycles. The Morgan fingerprint density at radius 2 is 1.83 bits per heavy atom. The monoisotopic (exact) mass is 353 g/mol. The molecular weight excluding hydrogens is 338 g/mol. The summed E-state index contributed by atoms with van der Waals surface area (Å²) in [6, 6.07) is 12.2. The lowest BCUT2D eigenvalue weighted by Crippen LogP contribution is -2.48. The van der Waals surface area contributed by atoms with Gasteiger partial charge in [0.15, 0.2) is 0 Å². The van der Waals surface area contributed by atoms with E-state index in [-0.39, 0.29) is 10.5 Å². The molecular formula is C16H16ClNO4S. The van der Waals surface area contributed by atoms with Crippen molar-refractivity contribution in [3.63, 3.8) is 0 Å². The van der Waals surface area contributed by atoms with Crippen molar-refractivity contribution in [3.8, 4) is 11.1 Å². The molecule has 7 heteroatoms. The second-order valence-corrected chi connectivity index (χ2v) is 7.42. The van der Waals surface area contributed by atoms with Crippen LogP contribution in [0.4, 0.5) is 0 Å². The minimum Gasteiger partial charge on any atom is -0.375 e. The van der Waals surface area contributed by atoms with Crippen molar-refractivity contribution in [2.75, 3.05) is 20.3 Å². The molecule has 2 N–H and O–H groups in total. The Hall–Kier alpha value is -1.44. The molecule has 0 saturated carbocycles. The standard InChI is InChI=1S/C16H16ClNO4S/c1-21-16(9-22-10-16)12-4-2-11(3-5-12)14-7-6-13(8-15(14)17)23(18,19)20/h2-8H,9-10H2,1H3,(H2,18,19,20). The van der Waals surface area contributed by atoms with Gasteiger partial charge in [-0.3, -0.25) is 0 Å². The van der Waals surface area contributed by atoms with Crippen LogP contribution in [-0.2, 0) is 25.1 Å². The SMILES string of the molecule is COC1(c2ccc(-c3ccc(S(N)(=O)=O)cc3Cl)cc2)COC1. The zero-order chi connectivity index (χ0) is 16.7. The maximum absolute atomic E-state index is 11.4. The lowest BCUT2D eigenvalue weighted by molar-refractivity contribution is -0.202. The second-order valence-electron chi connectivity index (χ2n) is 5.46. The van der Waals surface area contributed by atoms with Crippen molar-refractivity contribution in [1.29, 1.82) is 0 Å². The van der Waals surface area contributed by atoms with E-state index in [0.29, 0.717) is 18.2 Å². The highest BCUT2D eigenvalue weighted by Gasteiger charge is 2.40. The van der Waals surface area contributed by atoms with E-state index in [0.717, 1.165) is 16.7 Å². The Labute approximate surface area is 140 Å². The van der Waals surface area contributed by atoms with Crippen LogP contribution >= 0.6 is 11.6 Å². The van der Waals surface area contributed by atoms with Crippen LogP contribution in [0.3, 0.4) is 0 Å². The van der Waals surface area contributed by atoms with Gasteiger partial charge in [-0.15, -0.1) is 0 Å². The fraction of sp³-hybridized carbons (Fsp3) is 0.250. The van der Waals surface area contributed by atoms with Gasteiger partial charge in [0, 0.05) is 17.7 Å². The Bertz CT molecular complexity index is 824. The molecule has 23 heavy (non-hydrogen) atoms. The topological polar surface area (TPSA) is 78.6 Å². The molecule has 1 fully saturated rings. The molecule has 0 unspecified atom stereocenters. The van der Waals surface area contributed by atoms with Crippen LogP contribution in [0.25, 0.3) is 11.1 Å². The molecule has 1 aliphatic rings. The van der Waals surface area contributed by atoms with Crippen LogP contribution in [0.15, 0.2) is 47.4 Å². The van der Waals surface area contributed by atoms with Crippen molar-refractivity contribution in [1.82, 2.24) is 0 Å². The molecule has 0 bridgehead atoms. The highest BCUT2D eigenvalue weighted by Crippen LogP contribution is 2.35. The number of benzene rings is 2. The molecule has 5 nitrogen and oxygen atoms in total. The molecule has 3 rings (SSSR count). The number of hydrogen-bond donors (Lipinski definition) is 1. The second kappa shape index (κ2) is 5.89. The van der Waals surface area contributed by atoms with Gasteiger partial charge < -0.3 is 9.47 Å². The summed E-state index contributed by atoms with van der Waals surface area (Å²) >= 11 is 6.20. The average molecular weight is 354 g/mol. The molecule has 0 aliphatic carbocycles. The van der Waals surface area contributed by atoms with Crippen LogP contribution in [0.2, 0.25) is 5.02 Å². The number of hydrogen-bond acceptors (Lipinski definition) is 4.